The number of epoxide rings is 1. The average molecular weight is 252 g/mol. The topological polar surface area (TPSA) is 32.8 Å². The molecule has 2 aliphatic carbocycles. The van der Waals surface area contributed by atoms with E-state index in [9.17, 15) is 5.11 Å². The van der Waals surface area contributed by atoms with E-state index in [1.807, 2.05) is 0 Å². The maximum Gasteiger partial charge on any atom is 0.0874 e. The van der Waals surface area contributed by atoms with Crippen LogP contribution in [0.25, 0.3) is 0 Å². The van der Waals surface area contributed by atoms with Crippen LogP contribution in [0, 0.1) is 22.7 Å². The Labute approximate surface area is 111 Å². The molecule has 1 heterocycles. The summed E-state index contributed by atoms with van der Waals surface area (Å²) in [6.07, 6.45) is 6.61. The molecule has 1 aliphatic heterocycles. The summed E-state index contributed by atoms with van der Waals surface area (Å²) in [5.41, 5.74) is 0.791. The van der Waals surface area contributed by atoms with Gasteiger partial charge in [-0.3, -0.25) is 0 Å². The SMILES string of the molecule is CC1(C)CCC(O)C(C2CC(C)(C)CC3OC32)C1. The van der Waals surface area contributed by atoms with Gasteiger partial charge in [-0.1, -0.05) is 27.7 Å². The van der Waals surface area contributed by atoms with Crippen molar-refractivity contribution in [1.29, 1.82) is 0 Å². The third-order valence-electron chi connectivity index (χ3n) is 5.54. The Balaban J connectivity index is 1.76. The number of rotatable bonds is 1. The minimum atomic E-state index is -0.0956. The number of ether oxygens (including phenoxy) is 1. The van der Waals surface area contributed by atoms with Gasteiger partial charge in [0.1, 0.15) is 0 Å². The number of fused-ring (bicyclic) bond motifs is 1. The molecular weight excluding hydrogens is 224 g/mol. The maximum absolute atomic E-state index is 10.4. The van der Waals surface area contributed by atoms with Crippen LogP contribution in [-0.2, 0) is 4.74 Å². The highest BCUT2D eigenvalue weighted by Crippen LogP contribution is 2.55. The average Bonchev–Trinajstić information content (AvgIpc) is 2.98. The van der Waals surface area contributed by atoms with E-state index in [2.05, 4.69) is 27.7 Å². The highest BCUT2D eigenvalue weighted by Gasteiger charge is 2.56. The van der Waals surface area contributed by atoms with Gasteiger partial charge in [-0.2, -0.15) is 0 Å². The van der Waals surface area contributed by atoms with Crippen LogP contribution in [0.4, 0.5) is 0 Å². The molecule has 2 nitrogen and oxygen atoms in total. The fourth-order valence-electron chi connectivity index (χ4n) is 4.54. The van der Waals surface area contributed by atoms with Crippen LogP contribution < -0.4 is 0 Å². The summed E-state index contributed by atoms with van der Waals surface area (Å²) in [5, 5.41) is 10.4. The zero-order chi connectivity index (χ0) is 13.1. The molecule has 0 radical (unpaired) electrons. The maximum atomic E-state index is 10.4. The minimum absolute atomic E-state index is 0.0956. The normalized spacial score (nSPS) is 49.5. The molecule has 104 valence electrons. The lowest BCUT2D eigenvalue weighted by atomic mass is 9.61. The molecule has 5 atom stereocenters. The quantitative estimate of drug-likeness (QED) is 0.726. The van der Waals surface area contributed by atoms with Crippen LogP contribution in [-0.4, -0.2) is 23.4 Å². The smallest absolute Gasteiger partial charge is 0.0874 e. The predicted octanol–water partition coefficient (Wildman–Crippen LogP) is 3.38. The first kappa shape index (κ1) is 12.9. The third kappa shape index (κ3) is 2.34. The van der Waals surface area contributed by atoms with Crippen LogP contribution in [0.2, 0.25) is 0 Å². The molecule has 0 spiro atoms. The number of aliphatic hydroxyl groups is 1. The lowest BCUT2D eigenvalue weighted by molar-refractivity contribution is -0.0265. The Kier molecular flexibility index (Phi) is 2.84. The van der Waals surface area contributed by atoms with Gasteiger partial charge in [0.15, 0.2) is 0 Å². The molecule has 0 aromatic carbocycles. The van der Waals surface area contributed by atoms with Crippen molar-refractivity contribution in [3.8, 4) is 0 Å². The summed E-state index contributed by atoms with van der Waals surface area (Å²) in [6, 6.07) is 0. The number of hydrogen-bond donors (Lipinski definition) is 1. The lowest BCUT2D eigenvalue weighted by Crippen LogP contribution is -2.43. The van der Waals surface area contributed by atoms with E-state index in [4.69, 9.17) is 4.74 Å². The van der Waals surface area contributed by atoms with Crippen molar-refractivity contribution in [2.24, 2.45) is 22.7 Å². The Morgan fingerprint density at radius 3 is 2.33 bits per heavy atom. The lowest BCUT2D eigenvalue weighted by Gasteiger charge is -2.45. The number of aliphatic hydroxyl groups excluding tert-OH is 1. The summed E-state index contributed by atoms with van der Waals surface area (Å²) in [6.45, 7) is 9.42. The molecule has 2 heteroatoms. The Hall–Kier alpha value is -0.0800. The minimum Gasteiger partial charge on any atom is -0.393 e. The summed E-state index contributed by atoms with van der Waals surface area (Å²) >= 11 is 0. The highest BCUT2D eigenvalue weighted by molar-refractivity contribution is 5.04. The molecule has 3 fully saturated rings. The van der Waals surface area contributed by atoms with E-state index in [-0.39, 0.29) is 6.10 Å². The van der Waals surface area contributed by atoms with Gasteiger partial charge >= 0.3 is 0 Å². The molecule has 3 aliphatic rings. The molecule has 18 heavy (non-hydrogen) atoms. The fraction of sp³-hybridized carbons (Fsp3) is 1.00. The van der Waals surface area contributed by atoms with Gasteiger partial charge in [0, 0.05) is 0 Å². The zero-order valence-corrected chi connectivity index (χ0v) is 12.3. The molecule has 5 unspecified atom stereocenters. The molecule has 0 bridgehead atoms. The van der Waals surface area contributed by atoms with E-state index in [1.54, 1.807) is 0 Å². The summed E-state index contributed by atoms with van der Waals surface area (Å²) in [7, 11) is 0. The van der Waals surface area contributed by atoms with Gasteiger partial charge in [0.2, 0.25) is 0 Å². The highest BCUT2D eigenvalue weighted by atomic mass is 16.6. The van der Waals surface area contributed by atoms with Gasteiger partial charge in [0.05, 0.1) is 18.3 Å². The Morgan fingerprint density at radius 1 is 0.944 bits per heavy atom. The van der Waals surface area contributed by atoms with E-state index < -0.39 is 0 Å². The van der Waals surface area contributed by atoms with Crippen molar-refractivity contribution in [2.75, 3.05) is 0 Å². The summed E-state index contributed by atoms with van der Waals surface area (Å²) in [4.78, 5) is 0. The van der Waals surface area contributed by atoms with Gasteiger partial charge in [0.25, 0.3) is 0 Å². The largest absolute Gasteiger partial charge is 0.393 e. The zero-order valence-electron chi connectivity index (χ0n) is 12.3. The van der Waals surface area contributed by atoms with E-state index in [0.29, 0.717) is 34.9 Å². The van der Waals surface area contributed by atoms with Crippen molar-refractivity contribution in [1.82, 2.24) is 0 Å². The first-order valence-corrected chi connectivity index (χ1v) is 7.61. The van der Waals surface area contributed by atoms with Crippen LogP contribution in [0.5, 0.6) is 0 Å². The van der Waals surface area contributed by atoms with Gasteiger partial charge in [-0.05, 0) is 54.8 Å². The molecular formula is C16H28O2. The van der Waals surface area contributed by atoms with Crippen molar-refractivity contribution in [3.63, 3.8) is 0 Å². The second-order valence-corrected chi connectivity index (χ2v) is 8.51. The van der Waals surface area contributed by atoms with Crippen LogP contribution in [0.1, 0.15) is 59.8 Å². The van der Waals surface area contributed by atoms with Crippen LogP contribution in [0.3, 0.4) is 0 Å². The summed E-state index contributed by atoms with van der Waals surface area (Å²) in [5.74, 6) is 1.05. The first-order chi connectivity index (χ1) is 8.27. The molecule has 0 aromatic heterocycles. The number of hydrogen-bond acceptors (Lipinski definition) is 2. The van der Waals surface area contributed by atoms with Gasteiger partial charge in [-0.15, -0.1) is 0 Å². The standard InChI is InChI=1S/C16H28O2/c1-15(2)6-5-12(17)10(7-15)11-8-16(3,4)9-13-14(11)18-13/h10-14,17H,5-9H2,1-4H3. The van der Waals surface area contributed by atoms with E-state index in [1.165, 1.54) is 19.3 Å². The van der Waals surface area contributed by atoms with Crippen LogP contribution in [0.15, 0.2) is 0 Å². The van der Waals surface area contributed by atoms with Crippen molar-refractivity contribution in [2.45, 2.75) is 78.1 Å². The van der Waals surface area contributed by atoms with Crippen molar-refractivity contribution < 1.29 is 9.84 Å². The van der Waals surface area contributed by atoms with Gasteiger partial charge < -0.3 is 9.84 Å². The van der Waals surface area contributed by atoms with E-state index in [0.717, 1.165) is 12.8 Å². The van der Waals surface area contributed by atoms with Crippen molar-refractivity contribution in [3.05, 3.63) is 0 Å². The van der Waals surface area contributed by atoms with Gasteiger partial charge in [-0.25, -0.2) is 0 Å². The summed E-state index contributed by atoms with van der Waals surface area (Å²) < 4.78 is 5.88. The molecule has 0 aromatic rings. The Bertz CT molecular complexity index is 328. The second-order valence-electron chi connectivity index (χ2n) is 8.51. The predicted molar refractivity (Wildman–Crippen MR) is 72.3 cm³/mol. The van der Waals surface area contributed by atoms with Crippen LogP contribution >= 0.6 is 0 Å². The molecule has 0 amide bonds. The molecule has 1 N–H and O–H groups in total. The Morgan fingerprint density at radius 2 is 1.61 bits per heavy atom. The monoisotopic (exact) mass is 252 g/mol. The fourth-order valence-corrected chi connectivity index (χ4v) is 4.54. The molecule has 1 saturated heterocycles. The molecule has 2 saturated carbocycles. The van der Waals surface area contributed by atoms with E-state index >= 15 is 0 Å². The first-order valence-electron chi connectivity index (χ1n) is 7.61. The second kappa shape index (κ2) is 3.96. The van der Waals surface area contributed by atoms with Crippen molar-refractivity contribution >= 4 is 0 Å². The molecule has 3 rings (SSSR count). The third-order valence-corrected chi connectivity index (χ3v) is 5.54.